The maximum atomic E-state index is 12.4. The Kier molecular flexibility index (Phi) is 2.89. The van der Waals surface area contributed by atoms with Crippen molar-refractivity contribution in [3.05, 3.63) is 29.3 Å². The molecule has 5 nitrogen and oxygen atoms in total. The summed E-state index contributed by atoms with van der Waals surface area (Å²) in [6.45, 7) is 2.26. The third-order valence-corrected chi connectivity index (χ3v) is 3.84. The highest BCUT2D eigenvalue weighted by Crippen LogP contribution is 2.30. The molecule has 2 aliphatic heterocycles. The van der Waals surface area contributed by atoms with E-state index in [0.717, 1.165) is 43.6 Å². The predicted octanol–water partition coefficient (Wildman–Crippen LogP) is 1.96. The zero-order valence-corrected chi connectivity index (χ0v) is 10.6. The normalized spacial score (nSPS) is 17.7. The quantitative estimate of drug-likeness (QED) is 0.839. The van der Waals surface area contributed by atoms with E-state index in [0.29, 0.717) is 6.54 Å². The highest BCUT2D eigenvalue weighted by atomic mass is 16.4. The summed E-state index contributed by atoms with van der Waals surface area (Å²) in [6, 6.07) is 5.04. The van der Waals surface area contributed by atoms with E-state index in [4.69, 9.17) is 5.11 Å². The van der Waals surface area contributed by atoms with Crippen LogP contribution in [0.3, 0.4) is 0 Å². The van der Waals surface area contributed by atoms with Crippen LogP contribution in [0.25, 0.3) is 0 Å². The Bertz CT molecular complexity index is 535. The van der Waals surface area contributed by atoms with Gasteiger partial charge in [-0.2, -0.15) is 0 Å². The number of carboxylic acid groups (broad SMARTS) is 1. The van der Waals surface area contributed by atoms with Crippen molar-refractivity contribution in [1.82, 2.24) is 4.90 Å². The summed E-state index contributed by atoms with van der Waals surface area (Å²) in [5.41, 5.74) is 2.05. The molecule has 1 aromatic rings. The number of urea groups is 1. The molecule has 100 valence electrons. The zero-order chi connectivity index (χ0) is 13.4. The number of benzene rings is 1. The van der Waals surface area contributed by atoms with E-state index in [9.17, 15) is 9.59 Å². The molecule has 1 saturated heterocycles. The van der Waals surface area contributed by atoms with Gasteiger partial charge in [-0.1, -0.05) is 6.07 Å². The van der Waals surface area contributed by atoms with Gasteiger partial charge in [0.05, 0.1) is 5.56 Å². The van der Waals surface area contributed by atoms with E-state index in [1.54, 1.807) is 17.0 Å². The van der Waals surface area contributed by atoms with E-state index in [1.165, 1.54) is 0 Å². The first-order chi connectivity index (χ1) is 9.16. The van der Waals surface area contributed by atoms with Gasteiger partial charge in [-0.05, 0) is 37.0 Å². The van der Waals surface area contributed by atoms with Crippen molar-refractivity contribution >= 4 is 17.7 Å². The van der Waals surface area contributed by atoms with Gasteiger partial charge in [0, 0.05) is 25.3 Å². The van der Waals surface area contributed by atoms with Crippen molar-refractivity contribution in [2.45, 2.75) is 19.3 Å². The lowest BCUT2D eigenvalue weighted by Gasteiger charge is -2.24. The summed E-state index contributed by atoms with van der Waals surface area (Å²) in [7, 11) is 0. The molecule has 19 heavy (non-hydrogen) atoms. The van der Waals surface area contributed by atoms with Crippen molar-refractivity contribution in [3.63, 3.8) is 0 Å². The van der Waals surface area contributed by atoms with Crippen molar-refractivity contribution in [1.29, 1.82) is 0 Å². The fourth-order valence-electron chi connectivity index (χ4n) is 2.79. The van der Waals surface area contributed by atoms with E-state index in [1.807, 2.05) is 11.0 Å². The molecular formula is C14H16N2O3. The Morgan fingerprint density at radius 2 is 1.84 bits per heavy atom. The minimum atomic E-state index is -0.955. The highest BCUT2D eigenvalue weighted by molar-refractivity contribution is 5.97. The van der Waals surface area contributed by atoms with E-state index in [2.05, 4.69) is 0 Å². The molecule has 0 bridgehead atoms. The Labute approximate surface area is 111 Å². The van der Waals surface area contributed by atoms with Crippen LogP contribution in [0.4, 0.5) is 10.5 Å². The maximum absolute atomic E-state index is 12.4. The largest absolute Gasteiger partial charge is 0.478 e. The zero-order valence-electron chi connectivity index (χ0n) is 10.6. The van der Waals surface area contributed by atoms with Crippen LogP contribution >= 0.6 is 0 Å². The van der Waals surface area contributed by atoms with Crippen LogP contribution in [0, 0.1) is 0 Å². The van der Waals surface area contributed by atoms with Gasteiger partial charge in [0.15, 0.2) is 0 Å². The number of carbonyl (C=O) groups excluding carboxylic acids is 1. The molecule has 5 heteroatoms. The summed E-state index contributed by atoms with van der Waals surface area (Å²) in [6.07, 6.45) is 2.91. The second kappa shape index (κ2) is 4.57. The number of hydrogen-bond acceptors (Lipinski definition) is 2. The average Bonchev–Trinajstić information content (AvgIpc) is 3.06. The Morgan fingerprint density at radius 3 is 2.53 bits per heavy atom. The average molecular weight is 260 g/mol. The molecule has 0 aliphatic carbocycles. The maximum Gasteiger partial charge on any atom is 0.335 e. The summed E-state index contributed by atoms with van der Waals surface area (Å²) >= 11 is 0. The van der Waals surface area contributed by atoms with Crippen molar-refractivity contribution in [3.8, 4) is 0 Å². The van der Waals surface area contributed by atoms with Crippen molar-refractivity contribution in [2.24, 2.45) is 0 Å². The number of likely N-dealkylation sites (tertiary alicyclic amines) is 1. The van der Waals surface area contributed by atoms with Gasteiger partial charge in [-0.15, -0.1) is 0 Å². The minimum Gasteiger partial charge on any atom is -0.478 e. The molecule has 3 rings (SSSR count). The molecule has 0 unspecified atom stereocenters. The molecule has 1 fully saturated rings. The first-order valence-electron chi connectivity index (χ1n) is 6.59. The molecule has 0 spiro atoms. The number of aromatic carboxylic acids is 1. The van der Waals surface area contributed by atoms with Crippen LogP contribution in [0.5, 0.6) is 0 Å². The Morgan fingerprint density at radius 1 is 1.11 bits per heavy atom. The van der Waals surface area contributed by atoms with Gasteiger partial charge < -0.3 is 10.0 Å². The van der Waals surface area contributed by atoms with E-state index < -0.39 is 5.97 Å². The minimum absolute atomic E-state index is 0.0128. The van der Waals surface area contributed by atoms with E-state index >= 15 is 0 Å². The highest BCUT2D eigenvalue weighted by Gasteiger charge is 2.30. The first-order valence-corrected chi connectivity index (χ1v) is 6.59. The second-order valence-electron chi connectivity index (χ2n) is 5.03. The molecule has 2 aliphatic rings. The van der Waals surface area contributed by atoms with Gasteiger partial charge in [0.1, 0.15) is 0 Å². The van der Waals surface area contributed by atoms with Crippen molar-refractivity contribution < 1.29 is 14.7 Å². The van der Waals surface area contributed by atoms with Gasteiger partial charge in [0.2, 0.25) is 0 Å². The lowest BCUT2D eigenvalue weighted by Crippen LogP contribution is -2.40. The van der Waals surface area contributed by atoms with Gasteiger partial charge in [0.25, 0.3) is 0 Å². The molecule has 0 saturated carbocycles. The predicted molar refractivity (Wildman–Crippen MR) is 70.7 cm³/mol. The van der Waals surface area contributed by atoms with Crippen LogP contribution in [0.1, 0.15) is 28.8 Å². The fraction of sp³-hybridized carbons (Fsp3) is 0.429. The number of carboxylic acids is 1. The smallest absolute Gasteiger partial charge is 0.335 e. The third kappa shape index (κ3) is 2.05. The van der Waals surface area contributed by atoms with Crippen molar-refractivity contribution in [2.75, 3.05) is 24.5 Å². The number of amides is 2. The molecule has 1 aromatic carbocycles. The Balaban J connectivity index is 1.89. The lowest BCUT2D eigenvalue weighted by atomic mass is 10.1. The molecule has 2 heterocycles. The number of anilines is 1. The van der Waals surface area contributed by atoms with Gasteiger partial charge in [-0.3, -0.25) is 4.90 Å². The lowest BCUT2D eigenvalue weighted by molar-refractivity contribution is 0.0697. The van der Waals surface area contributed by atoms with Gasteiger partial charge in [-0.25, -0.2) is 9.59 Å². The van der Waals surface area contributed by atoms with Crippen LogP contribution < -0.4 is 4.90 Å². The molecule has 2 amide bonds. The second-order valence-corrected chi connectivity index (χ2v) is 5.03. The third-order valence-electron chi connectivity index (χ3n) is 3.84. The van der Waals surface area contributed by atoms with Crippen LogP contribution in [-0.2, 0) is 6.42 Å². The SMILES string of the molecule is O=C(O)c1ccc2c(c1)N(C(=O)N1CCCC1)CC2. The van der Waals surface area contributed by atoms with E-state index in [-0.39, 0.29) is 11.6 Å². The first kappa shape index (κ1) is 12.0. The number of nitrogens with zero attached hydrogens (tertiary/aromatic N) is 2. The topological polar surface area (TPSA) is 60.9 Å². The summed E-state index contributed by atoms with van der Waals surface area (Å²) in [5.74, 6) is -0.955. The molecule has 1 N–H and O–H groups in total. The molecule has 0 atom stereocenters. The summed E-state index contributed by atoms with van der Waals surface area (Å²) in [4.78, 5) is 27.0. The number of rotatable bonds is 1. The standard InChI is InChI=1S/C14H16N2O3/c17-13(18)11-4-3-10-5-8-16(12(10)9-11)14(19)15-6-1-2-7-15/h3-4,9H,1-2,5-8H2,(H,17,18). The molecular weight excluding hydrogens is 244 g/mol. The summed E-state index contributed by atoms with van der Waals surface area (Å²) < 4.78 is 0. The van der Waals surface area contributed by atoms with Crippen LogP contribution in [0.15, 0.2) is 18.2 Å². The monoisotopic (exact) mass is 260 g/mol. The van der Waals surface area contributed by atoms with Crippen LogP contribution in [-0.4, -0.2) is 41.6 Å². The number of hydrogen-bond donors (Lipinski definition) is 1. The Hall–Kier alpha value is -2.04. The van der Waals surface area contributed by atoms with Gasteiger partial charge >= 0.3 is 12.0 Å². The number of carbonyl (C=O) groups is 2. The van der Waals surface area contributed by atoms with Crippen LogP contribution in [0.2, 0.25) is 0 Å². The molecule has 0 aromatic heterocycles. The summed E-state index contributed by atoms with van der Waals surface area (Å²) in [5, 5.41) is 9.04. The molecule has 0 radical (unpaired) electrons. The number of fused-ring (bicyclic) bond motifs is 1. The fourth-order valence-corrected chi connectivity index (χ4v) is 2.79.